The van der Waals surface area contributed by atoms with Crippen molar-refractivity contribution in [3.63, 3.8) is 0 Å². The molecule has 2 aromatic heterocycles. The first-order chi connectivity index (χ1) is 8.13. The number of hydrogen-bond donors (Lipinski definition) is 2. The predicted octanol–water partition coefficient (Wildman–Crippen LogP) is -1.17. The van der Waals surface area contributed by atoms with Gasteiger partial charge in [0, 0.05) is 7.05 Å². The summed E-state index contributed by atoms with van der Waals surface area (Å²) in [7, 11) is 1.58. The molecule has 8 nitrogen and oxygen atoms in total. The molecule has 0 aliphatic carbocycles. The van der Waals surface area contributed by atoms with Gasteiger partial charge in [0.25, 0.3) is 5.91 Å². The molecule has 0 spiro atoms. The molecule has 90 valence electrons. The van der Waals surface area contributed by atoms with Gasteiger partial charge in [-0.3, -0.25) is 14.8 Å². The number of nitrogen functional groups attached to an aromatic ring is 1. The summed E-state index contributed by atoms with van der Waals surface area (Å²) in [6.07, 6.45) is 2.74. The molecular weight excluding hydrogens is 226 g/mol. The van der Waals surface area contributed by atoms with Gasteiger partial charge in [0.1, 0.15) is 18.6 Å². The lowest BCUT2D eigenvalue weighted by molar-refractivity contribution is 0.0951. The van der Waals surface area contributed by atoms with Gasteiger partial charge in [-0.05, 0) is 6.07 Å². The normalized spacial score (nSPS) is 10.5. The molecule has 2 rings (SSSR count). The van der Waals surface area contributed by atoms with Crippen molar-refractivity contribution in [3.8, 4) is 0 Å². The summed E-state index contributed by atoms with van der Waals surface area (Å²) >= 11 is 0. The first-order valence-corrected chi connectivity index (χ1v) is 4.79. The molecular formula is C9H11N5O3. The highest BCUT2D eigenvalue weighted by molar-refractivity contribution is 5.94. The smallest absolute Gasteiger partial charge is 0.345 e. The molecule has 2 aromatic rings. The van der Waals surface area contributed by atoms with E-state index in [0.717, 1.165) is 0 Å². The number of hydrazine groups is 1. The molecule has 0 aliphatic rings. The minimum atomic E-state index is -0.474. The fourth-order valence-electron chi connectivity index (χ4n) is 1.41. The summed E-state index contributed by atoms with van der Waals surface area (Å²) in [6, 6.07) is 1.48. The topological polar surface area (TPSA) is 108 Å². The summed E-state index contributed by atoms with van der Waals surface area (Å²) < 4.78 is 7.64. The van der Waals surface area contributed by atoms with Crippen molar-refractivity contribution in [2.75, 3.05) is 0 Å². The van der Waals surface area contributed by atoms with Crippen LogP contribution in [0, 0.1) is 0 Å². The van der Waals surface area contributed by atoms with Gasteiger partial charge in [-0.15, -0.1) is 0 Å². The highest BCUT2D eigenvalue weighted by Gasteiger charge is 2.15. The first kappa shape index (κ1) is 11.1. The monoisotopic (exact) mass is 237 g/mol. The third-order valence-electron chi connectivity index (χ3n) is 2.30. The number of amides is 1. The van der Waals surface area contributed by atoms with Gasteiger partial charge in [0.15, 0.2) is 0 Å². The van der Waals surface area contributed by atoms with E-state index in [4.69, 9.17) is 10.3 Å². The molecule has 0 aromatic carbocycles. The Balaban J connectivity index is 2.31. The third kappa shape index (κ3) is 1.97. The minimum Gasteiger partial charge on any atom is -0.467 e. The van der Waals surface area contributed by atoms with E-state index in [1.165, 1.54) is 27.9 Å². The van der Waals surface area contributed by atoms with Crippen molar-refractivity contribution in [3.05, 3.63) is 40.5 Å². The number of nitrogens with zero attached hydrogens (tertiary/aromatic N) is 3. The first-order valence-electron chi connectivity index (χ1n) is 4.79. The second-order valence-electron chi connectivity index (χ2n) is 3.41. The van der Waals surface area contributed by atoms with Crippen LogP contribution in [0.5, 0.6) is 0 Å². The van der Waals surface area contributed by atoms with Crippen LogP contribution in [0.3, 0.4) is 0 Å². The molecule has 0 saturated heterocycles. The molecule has 0 saturated carbocycles. The summed E-state index contributed by atoms with van der Waals surface area (Å²) in [6.45, 7) is 0.0788. The van der Waals surface area contributed by atoms with Crippen LogP contribution < -0.4 is 17.0 Å². The highest BCUT2D eigenvalue weighted by atomic mass is 16.3. The second kappa shape index (κ2) is 4.26. The van der Waals surface area contributed by atoms with E-state index in [1.54, 1.807) is 7.05 Å². The Morgan fingerprint density at radius 3 is 3.00 bits per heavy atom. The average molecular weight is 237 g/mol. The Hall–Kier alpha value is -2.35. The van der Waals surface area contributed by atoms with Crippen molar-refractivity contribution in [1.29, 1.82) is 0 Å². The molecule has 0 atom stereocenters. The van der Waals surface area contributed by atoms with E-state index in [2.05, 4.69) is 5.10 Å². The molecule has 8 heteroatoms. The molecule has 0 aliphatic heterocycles. The molecule has 0 unspecified atom stereocenters. The van der Waals surface area contributed by atoms with Crippen LogP contribution in [0.2, 0.25) is 0 Å². The van der Waals surface area contributed by atoms with Crippen LogP contribution in [-0.4, -0.2) is 20.3 Å². The Bertz CT molecular complexity index is 594. The largest absolute Gasteiger partial charge is 0.467 e. The van der Waals surface area contributed by atoms with Gasteiger partial charge in [0.05, 0.1) is 11.8 Å². The summed E-state index contributed by atoms with van der Waals surface area (Å²) in [5.41, 5.74) is 1.99. The number of aryl methyl sites for hydroxylation is 1. The van der Waals surface area contributed by atoms with E-state index < -0.39 is 5.91 Å². The van der Waals surface area contributed by atoms with Crippen molar-refractivity contribution < 1.29 is 9.21 Å². The number of carbonyl (C=O) groups excluding carboxylic acids is 1. The molecule has 17 heavy (non-hydrogen) atoms. The van der Waals surface area contributed by atoms with E-state index in [-0.39, 0.29) is 17.8 Å². The Labute approximate surface area is 95.6 Å². The lowest BCUT2D eigenvalue weighted by atomic mass is 10.2. The summed E-state index contributed by atoms with van der Waals surface area (Å²) in [4.78, 5) is 22.9. The maximum absolute atomic E-state index is 11.5. The molecule has 0 fully saturated rings. The van der Waals surface area contributed by atoms with Crippen LogP contribution in [0.4, 0.5) is 0 Å². The number of furan rings is 1. The molecule has 0 radical (unpaired) electrons. The number of aromatic nitrogens is 3. The molecule has 2 heterocycles. The van der Waals surface area contributed by atoms with E-state index in [9.17, 15) is 9.59 Å². The third-order valence-corrected chi connectivity index (χ3v) is 2.30. The van der Waals surface area contributed by atoms with E-state index in [0.29, 0.717) is 5.76 Å². The highest BCUT2D eigenvalue weighted by Crippen LogP contribution is 2.10. The average Bonchev–Trinajstić information content (AvgIpc) is 2.90. The zero-order valence-electron chi connectivity index (χ0n) is 9.08. The van der Waals surface area contributed by atoms with Crippen molar-refractivity contribution in [1.82, 2.24) is 19.8 Å². The maximum Gasteiger partial charge on any atom is 0.345 e. The van der Waals surface area contributed by atoms with Crippen molar-refractivity contribution in [2.24, 2.45) is 12.9 Å². The van der Waals surface area contributed by atoms with Gasteiger partial charge in [-0.1, -0.05) is 0 Å². The predicted molar refractivity (Wildman–Crippen MR) is 56.9 cm³/mol. The molecule has 0 bridgehead atoms. The van der Waals surface area contributed by atoms with Gasteiger partial charge in [-0.2, -0.15) is 5.10 Å². The molecule has 1 amide bonds. The van der Waals surface area contributed by atoms with Crippen molar-refractivity contribution >= 4 is 5.91 Å². The van der Waals surface area contributed by atoms with Crippen LogP contribution in [-0.2, 0) is 13.6 Å². The quantitative estimate of drug-likeness (QED) is 0.397. The fraction of sp³-hybridized carbons (Fsp3) is 0.222. The van der Waals surface area contributed by atoms with Crippen LogP contribution in [0.25, 0.3) is 0 Å². The van der Waals surface area contributed by atoms with Crippen LogP contribution >= 0.6 is 0 Å². The fourth-order valence-corrected chi connectivity index (χ4v) is 1.41. The summed E-state index contributed by atoms with van der Waals surface area (Å²) in [5.74, 6) is 4.88. The Morgan fingerprint density at radius 1 is 1.65 bits per heavy atom. The van der Waals surface area contributed by atoms with E-state index >= 15 is 0 Å². The Kier molecular flexibility index (Phi) is 2.79. The zero-order valence-corrected chi connectivity index (χ0v) is 9.08. The van der Waals surface area contributed by atoms with Crippen molar-refractivity contribution in [2.45, 2.75) is 6.54 Å². The standard InChI is InChI=1S/C9H11N5O3/c1-13-5-11-14(9(13)16)4-7-6(2-3-17-7)8(15)12-10/h2-3,5H,4,10H2,1H3,(H,12,15). The lowest BCUT2D eigenvalue weighted by Gasteiger charge is -2.00. The summed E-state index contributed by atoms with van der Waals surface area (Å²) in [5, 5.41) is 3.86. The van der Waals surface area contributed by atoms with Crippen LogP contribution in [0.1, 0.15) is 16.1 Å². The number of nitrogens with two attached hydrogens (primary N) is 1. The zero-order chi connectivity index (χ0) is 12.4. The Morgan fingerprint density at radius 2 is 2.41 bits per heavy atom. The van der Waals surface area contributed by atoms with E-state index in [1.807, 2.05) is 5.43 Å². The van der Waals surface area contributed by atoms with Gasteiger partial charge < -0.3 is 4.42 Å². The number of carbonyl (C=O) groups is 1. The van der Waals surface area contributed by atoms with Gasteiger partial charge in [0.2, 0.25) is 0 Å². The maximum atomic E-state index is 11.5. The SMILES string of the molecule is Cn1cnn(Cc2occc2C(=O)NN)c1=O. The number of hydrogen-bond acceptors (Lipinski definition) is 5. The van der Waals surface area contributed by atoms with Crippen LogP contribution in [0.15, 0.2) is 27.9 Å². The second-order valence-corrected chi connectivity index (χ2v) is 3.41. The number of nitrogens with one attached hydrogen (secondary N) is 1. The van der Waals surface area contributed by atoms with Gasteiger partial charge in [-0.25, -0.2) is 15.3 Å². The number of rotatable bonds is 3. The van der Waals surface area contributed by atoms with Gasteiger partial charge >= 0.3 is 5.69 Å². The lowest BCUT2D eigenvalue weighted by Crippen LogP contribution is -2.31. The minimum absolute atomic E-state index is 0.0788. The molecule has 3 N–H and O–H groups in total.